The maximum absolute atomic E-state index is 10.1. The monoisotopic (exact) mass is 142 g/mol. The van der Waals surface area contributed by atoms with Crippen LogP contribution in [0.2, 0.25) is 0 Å². The Morgan fingerprint density at radius 3 is 3.11 bits per heavy atom. The number of amides is 1. The molecule has 1 atom stereocenters. The molecule has 0 bridgehead atoms. The normalized spacial score (nSPS) is 25.7. The van der Waals surface area contributed by atoms with Crippen LogP contribution in [0.1, 0.15) is 0 Å². The Hall–Kier alpha value is -0.690. The van der Waals surface area contributed by atoms with Gasteiger partial charge in [-0.1, -0.05) is 0 Å². The molecule has 1 rings (SSSR count). The average Bonchev–Trinajstić information content (AvgIpc) is 2.33. The summed E-state index contributed by atoms with van der Waals surface area (Å²) < 4.78 is 0. The van der Waals surface area contributed by atoms with Crippen LogP contribution >= 0.6 is 11.8 Å². The van der Waals surface area contributed by atoms with E-state index < -0.39 is 0 Å². The van der Waals surface area contributed by atoms with Crippen LogP contribution in [0.5, 0.6) is 0 Å². The third-order valence-electron chi connectivity index (χ3n) is 1.20. The molecule has 3 nitrogen and oxygen atoms in total. The van der Waals surface area contributed by atoms with Gasteiger partial charge >= 0.3 is 0 Å². The molecule has 0 saturated carbocycles. The molecule has 0 aromatic carbocycles. The third-order valence-corrected chi connectivity index (χ3v) is 2.23. The van der Waals surface area contributed by atoms with Gasteiger partial charge in [0.05, 0.1) is 11.9 Å². The largest absolute Gasteiger partial charge is 0.319 e. The molecule has 1 aliphatic rings. The summed E-state index contributed by atoms with van der Waals surface area (Å²) in [6.07, 6.45) is 0.730. The van der Waals surface area contributed by atoms with Gasteiger partial charge in [-0.2, -0.15) is 5.26 Å². The summed E-state index contributed by atoms with van der Waals surface area (Å²) in [5.41, 5.74) is 0. The summed E-state index contributed by atoms with van der Waals surface area (Å²) in [5, 5.41) is 8.40. The highest BCUT2D eigenvalue weighted by atomic mass is 32.2. The molecule has 0 aromatic heterocycles. The van der Waals surface area contributed by atoms with E-state index in [0.717, 1.165) is 12.2 Å². The SMILES string of the molecule is N#CC1CSCN1C=O. The Balaban J connectivity index is 2.53. The van der Waals surface area contributed by atoms with Crippen molar-refractivity contribution >= 4 is 18.2 Å². The molecule has 1 amide bonds. The first-order valence-electron chi connectivity index (χ1n) is 2.57. The first-order valence-corrected chi connectivity index (χ1v) is 3.72. The highest BCUT2D eigenvalue weighted by Crippen LogP contribution is 2.17. The van der Waals surface area contributed by atoms with Gasteiger partial charge in [-0.05, 0) is 0 Å². The van der Waals surface area contributed by atoms with Gasteiger partial charge in [-0.25, -0.2) is 0 Å². The predicted octanol–water partition coefficient (Wildman–Crippen LogP) is 0.0413. The van der Waals surface area contributed by atoms with E-state index in [2.05, 4.69) is 0 Å². The van der Waals surface area contributed by atoms with E-state index in [0.29, 0.717) is 5.88 Å². The zero-order valence-corrected chi connectivity index (χ0v) is 5.60. The summed E-state index contributed by atoms with van der Waals surface area (Å²) in [5.74, 6) is 1.43. The number of hydrogen-bond donors (Lipinski definition) is 0. The summed E-state index contributed by atoms with van der Waals surface area (Å²) >= 11 is 1.61. The summed E-state index contributed by atoms with van der Waals surface area (Å²) in [6.45, 7) is 0. The molecule has 0 aliphatic carbocycles. The van der Waals surface area contributed by atoms with Gasteiger partial charge in [-0.3, -0.25) is 4.79 Å². The maximum atomic E-state index is 10.1. The molecular formula is C5H6N2OS. The van der Waals surface area contributed by atoms with E-state index in [-0.39, 0.29) is 6.04 Å². The van der Waals surface area contributed by atoms with Crippen LogP contribution in [-0.2, 0) is 4.79 Å². The molecule has 1 saturated heterocycles. The number of carbonyl (C=O) groups is 1. The van der Waals surface area contributed by atoms with Crippen LogP contribution in [0.3, 0.4) is 0 Å². The number of thioether (sulfide) groups is 1. The molecule has 9 heavy (non-hydrogen) atoms. The predicted molar refractivity (Wildman–Crippen MR) is 34.6 cm³/mol. The van der Waals surface area contributed by atoms with Crippen molar-refractivity contribution in [1.82, 2.24) is 4.90 Å². The minimum atomic E-state index is -0.188. The van der Waals surface area contributed by atoms with E-state index >= 15 is 0 Å². The van der Waals surface area contributed by atoms with Crippen LogP contribution in [0, 0.1) is 11.3 Å². The fraction of sp³-hybridized carbons (Fsp3) is 0.600. The van der Waals surface area contributed by atoms with Gasteiger partial charge in [0.15, 0.2) is 0 Å². The molecule has 0 N–H and O–H groups in total. The highest BCUT2D eigenvalue weighted by Gasteiger charge is 2.22. The second-order valence-electron chi connectivity index (χ2n) is 1.76. The highest BCUT2D eigenvalue weighted by molar-refractivity contribution is 7.99. The zero-order chi connectivity index (χ0) is 6.69. The first kappa shape index (κ1) is 6.43. The fourth-order valence-electron chi connectivity index (χ4n) is 0.671. The number of hydrogen-bond acceptors (Lipinski definition) is 3. The standard InChI is InChI=1S/C5H6N2OS/c6-1-5-2-9-4-7(5)3-8/h3,5H,2,4H2. The quantitative estimate of drug-likeness (QED) is 0.485. The van der Waals surface area contributed by atoms with Crippen LogP contribution in [0.15, 0.2) is 0 Å². The van der Waals surface area contributed by atoms with Gasteiger partial charge in [0.2, 0.25) is 6.41 Å². The second kappa shape index (κ2) is 2.74. The van der Waals surface area contributed by atoms with Gasteiger partial charge in [-0.15, -0.1) is 11.8 Å². The Labute approximate surface area is 57.6 Å². The molecule has 0 spiro atoms. The van der Waals surface area contributed by atoms with Crippen molar-refractivity contribution in [2.45, 2.75) is 6.04 Å². The van der Waals surface area contributed by atoms with Gasteiger partial charge in [0.25, 0.3) is 0 Å². The molecule has 1 fully saturated rings. The van der Waals surface area contributed by atoms with Crippen LogP contribution in [0.4, 0.5) is 0 Å². The molecule has 1 unspecified atom stereocenters. The van der Waals surface area contributed by atoms with Gasteiger partial charge in [0.1, 0.15) is 6.04 Å². The van der Waals surface area contributed by atoms with Crippen molar-refractivity contribution in [3.63, 3.8) is 0 Å². The topological polar surface area (TPSA) is 44.1 Å². The maximum Gasteiger partial charge on any atom is 0.211 e. The smallest absolute Gasteiger partial charge is 0.211 e. The minimum absolute atomic E-state index is 0.188. The van der Waals surface area contributed by atoms with Crippen molar-refractivity contribution in [3.8, 4) is 6.07 Å². The number of rotatable bonds is 1. The molecule has 1 aliphatic heterocycles. The first-order chi connectivity index (χ1) is 4.38. The Morgan fingerprint density at radius 1 is 1.89 bits per heavy atom. The molecular weight excluding hydrogens is 136 g/mol. The van der Waals surface area contributed by atoms with Crippen molar-refractivity contribution in [1.29, 1.82) is 5.26 Å². The summed E-state index contributed by atoms with van der Waals surface area (Å²) in [6, 6.07) is 1.85. The molecule has 0 aromatic rings. The summed E-state index contributed by atoms with van der Waals surface area (Å²) in [7, 11) is 0. The molecule has 48 valence electrons. The lowest BCUT2D eigenvalue weighted by Gasteiger charge is -2.09. The van der Waals surface area contributed by atoms with E-state index in [1.165, 1.54) is 4.90 Å². The van der Waals surface area contributed by atoms with E-state index in [1.54, 1.807) is 11.8 Å². The van der Waals surface area contributed by atoms with Crippen LogP contribution < -0.4 is 0 Å². The van der Waals surface area contributed by atoms with E-state index in [9.17, 15) is 4.79 Å². The Morgan fingerprint density at radius 2 is 2.67 bits per heavy atom. The molecule has 0 radical (unpaired) electrons. The van der Waals surface area contributed by atoms with Crippen molar-refractivity contribution in [2.24, 2.45) is 0 Å². The number of carbonyl (C=O) groups excluding carboxylic acids is 1. The van der Waals surface area contributed by atoms with Crippen molar-refractivity contribution in [3.05, 3.63) is 0 Å². The average molecular weight is 142 g/mol. The van der Waals surface area contributed by atoms with Gasteiger partial charge < -0.3 is 4.90 Å². The Bertz CT molecular complexity index is 154. The van der Waals surface area contributed by atoms with Crippen molar-refractivity contribution in [2.75, 3.05) is 11.6 Å². The number of nitriles is 1. The fourth-order valence-corrected chi connectivity index (χ4v) is 1.72. The lowest BCUT2D eigenvalue weighted by atomic mass is 10.4. The Kier molecular flexibility index (Phi) is 1.96. The van der Waals surface area contributed by atoms with Gasteiger partial charge in [0, 0.05) is 5.75 Å². The third kappa shape index (κ3) is 1.16. The van der Waals surface area contributed by atoms with Crippen LogP contribution in [-0.4, -0.2) is 29.0 Å². The molecule has 1 heterocycles. The minimum Gasteiger partial charge on any atom is -0.319 e. The van der Waals surface area contributed by atoms with Crippen LogP contribution in [0.25, 0.3) is 0 Å². The lowest BCUT2D eigenvalue weighted by molar-refractivity contribution is -0.117. The zero-order valence-electron chi connectivity index (χ0n) is 4.78. The van der Waals surface area contributed by atoms with E-state index in [4.69, 9.17) is 5.26 Å². The summed E-state index contributed by atoms with van der Waals surface area (Å²) in [4.78, 5) is 11.6. The lowest BCUT2D eigenvalue weighted by Crippen LogP contribution is -2.27. The second-order valence-corrected chi connectivity index (χ2v) is 2.76. The number of nitrogens with zero attached hydrogens (tertiary/aromatic N) is 2. The van der Waals surface area contributed by atoms with E-state index in [1.807, 2.05) is 6.07 Å². The molecule has 4 heteroatoms. The van der Waals surface area contributed by atoms with Crippen molar-refractivity contribution < 1.29 is 4.79 Å².